The van der Waals surface area contributed by atoms with Gasteiger partial charge in [0, 0.05) is 0 Å². The smallest absolute Gasteiger partial charge is 0.333 e. The van der Waals surface area contributed by atoms with Crippen molar-refractivity contribution >= 4 is 17.8 Å². The van der Waals surface area contributed by atoms with Gasteiger partial charge in [-0.1, -0.05) is 36.6 Å². The number of nitrogens with one attached hydrogen (secondary N) is 1. The highest BCUT2D eigenvalue weighted by atomic mass is 16.5. The standard InChI is InChI=1S/C19H25NO5/c1-11-8-9-13(12(2)10-11)16(19(24)25-3)20-17(21)14-6-4-5-7-15(14)18(22)23/h8-10,14-16H,4-7H2,1-3H3,(H,20,21)(H,22,23). The predicted molar refractivity (Wildman–Crippen MR) is 91.9 cm³/mol. The first kappa shape index (κ1) is 19.0. The van der Waals surface area contributed by atoms with Gasteiger partial charge in [-0.25, -0.2) is 4.79 Å². The van der Waals surface area contributed by atoms with E-state index in [9.17, 15) is 19.5 Å². The Morgan fingerprint density at radius 2 is 1.80 bits per heavy atom. The molecule has 1 aliphatic rings. The quantitative estimate of drug-likeness (QED) is 0.799. The first-order valence-electron chi connectivity index (χ1n) is 8.53. The number of carbonyl (C=O) groups excluding carboxylic acids is 2. The van der Waals surface area contributed by atoms with Crippen molar-refractivity contribution in [2.24, 2.45) is 11.8 Å². The van der Waals surface area contributed by atoms with Crippen molar-refractivity contribution in [1.82, 2.24) is 5.32 Å². The molecule has 1 fully saturated rings. The van der Waals surface area contributed by atoms with Gasteiger partial charge in [-0.2, -0.15) is 0 Å². The van der Waals surface area contributed by atoms with E-state index >= 15 is 0 Å². The summed E-state index contributed by atoms with van der Waals surface area (Å²) in [5.74, 6) is -3.25. The van der Waals surface area contributed by atoms with Gasteiger partial charge in [0.1, 0.15) is 0 Å². The van der Waals surface area contributed by atoms with E-state index in [4.69, 9.17) is 4.74 Å². The van der Waals surface area contributed by atoms with Crippen LogP contribution in [0.3, 0.4) is 0 Å². The minimum absolute atomic E-state index is 0.400. The SMILES string of the molecule is COC(=O)C(NC(=O)C1CCCCC1C(=O)O)c1ccc(C)cc1C. The lowest BCUT2D eigenvalue weighted by Crippen LogP contribution is -2.43. The van der Waals surface area contributed by atoms with Crippen LogP contribution >= 0.6 is 0 Å². The maximum Gasteiger partial charge on any atom is 0.333 e. The number of amides is 1. The Bertz CT molecular complexity index is 670. The molecule has 3 unspecified atom stereocenters. The maximum atomic E-state index is 12.7. The summed E-state index contributed by atoms with van der Waals surface area (Å²) in [6.07, 6.45) is 2.62. The predicted octanol–water partition coefficient (Wildman–Crippen LogP) is 2.52. The van der Waals surface area contributed by atoms with E-state index in [1.54, 1.807) is 6.07 Å². The van der Waals surface area contributed by atoms with Crippen molar-refractivity contribution in [2.45, 2.75) is 45.6 Å². The summed E-state index contributed by atoms with van der Waals surface area (Å²) >= 11 is 0. The average Bonchev–Trinajstić information content (AvgIpc) is 2.59. The van der Waals surface area contributed by atoms with Gasteiger partial charge in [0.05, 0.1) is 18.9 Å². The Kier molecular flexibility index (Phi) is 6.17. The largest absolute Gasteiger partial charge is 0.481 e. The number of rotatable bonds is 5. The number of ether oxygens (including phenoxy) is 1. The van der Waals surface area contributed by atoms with Crippen LogP contribution in [0.15, 0.2) is 18.2 Å². The Morgan fingerprint density at radius 3 is 2.36 bits per heavy atom. The van der Waals surface area contributed by atoms with Crippen molar-refractivity contribution < 1.29 is 24.2 Å². The number of hydrogen-bond donors (Lipinski definition) is 2. The van der Waals surface area contributed by atoms with Gasteiger partial charge in [-0.15, -0.1) is 0 Å². The second-order valence-electron chi connectivity index (χ2n) is 6.66. The molecule has 6 heteroatoms. The number of carboxylic acid groups (broad SMARTS) is 1. The van der Waals surface area contributed by atoms with Crippen molar-refractivity contribution in [1.29, 1.82) is 0 Å². The van der Waals surface area contributed by atoms with E-state index in [0.717, 1.165) is 24.0 Å². The lowest BCUT2D eigenvalue weighted by molar-refractivity contribution is -0.150. The highest BCUT2D eigenvalue weighted by Gasteiger charge is 2.37. The molecule has 1 saturated carbocycles. The minimum atomic E-state index is -0.957. The van der Waals surface area contributed by atoms with E-state index in [-0.39, 0.29) is 0 Å². The van der Waals surface area contributed by atoms with Crippen molar-refractivity contribution in [2.75, 3.05) is 7.11 Å². The summed E-state index contributed by atoms with van der Waals surface area (Å²) in [5, 5.41) is 12.1. The molecule has 1 aromatic rings. The van der Waals surface area contributed by atoms with Gasteiger partial charge in [0.25, 0.3) is 0 Å². The Hall–Kier alpha value is -2.37. The van der Waals surface area contributed by atoms with E-state index in [1.165, 1.54) is 7.11 Å². The molecule has 2 rings (SSSR count). The molecule has 2 N–H and O–H groups in total. The summed E-state index contributed by atoms with van der Waals surface area (Å²) in [4.78, 5) is 36.4. The first-order valence-corrected chi connectivity index (χ1v) is 8.53. The van der Waals surface area contributed by atoms with E-state index in [1.807, 2.05) is 26.0 Å². The van der Waals surface area contributed by atoms with Gasteiger partial charge in [-0.05, 0) is 37.8 Å². The summed E-state index contributed by atoms with van der Waals surface area (Å²) < 4.78 is 4.84. The molecule has 0 bridgehead atoms. The minimum Gasteiger partial charge on any atom is -0.481 e. The van der Waals surface area contributed by atoms with E-state index in [0.29, 0.717) is 18.4 Å². The lowest BCUT2D eigenvalue weighted by Gasteiger charge is -2.29. The summed E-state index contributed by atoms with van der Waals surface area (Å²) in [7, 11) is 1.27. The Balaban J connectivity index is 2.25. The lowest BCUT2D eigenvalue weighted by atomic mass is 9.78. The fourth-order valence-corrected chi connectivity index (χ4v) is 3.52. The number of aliphatic carboxylic acids is 1. The van der Waals surface area contributed by atoms with Crippen LogP contribution in [0.5, 0.6) is 0 Å². The Labute approximate surface area is 147 Å². The van der Waals surface area contributed by atoms with Crippen molar-refractivity contribution in [3.63, 3.8) is 0 Å². The third-order valence-corrected chi connectivity index (χ3v) is 4.88. The second-order valence-corrected chi connectivity index (χ2v) is 6.66. The number of benzene rings is 1. The normalized spacial score (nSPS) is 21.2. The fraction of sp³-hybridized carbons (Fsp3) is 0.526. The molecule has 1 aromatic carbocycles. The number of aryl methyl sites for hydroxylation is 2. The zero-order valence-corrected chi connectivity index (χ0v) is 14.9. The summed E-state index contributed by atoms with van der Waals surface area (Å²) in [5.41, 5.74) is 2.58. The van der Waals surface area contributed by atoms with Crippen LogP contribution in [0.4, 0.5) is 0 Å². The van der Waals surface area contributed by atoms with Crippen LogP contribution < -0.4 is 5.32 Å². The molecule has 0 radical (unpaired) electrons. The monoisotopic (exact) mass is 347 g/mol. The number of carboxylic acids is 1. The zero-order valence-electron chi connectivity index (χ0n) is 14.9. The molecule has 6 nitrogen and oxygen atoms in total. The number of esters is 1. The molecule has 3 atom stereocenters. The number of carbonyl (C=O) groups is 3. The van der Waals surface area contributed by atoms with Crippen LogP contribution in [0, 0.1) is 25.7 Å². The van der Waals surface area contributed by atoms with E-state index < -0.39 is 35.7 Å². The summed E-state index contributed by atoms with van der Waals surface area (Å²) in [6.45, 7) is 3.81. The van der Waals surface area contributed by atoms with Crippen LogP contribution in [0.2, 0.25) is 0 Å². The van der Waals surface area contributed by atoms with Gasteiger partial charge >= 0.3 is 11.9 Å². The van der Waals surface area contributed by atoms with Gasteiger partial charge in [0.2, 0.25) is 5.91 Å². The number of hydrogen-bond acceptors (Lipinski definition) is 4. The molecule has 0 aromatic heterocycles. The molecule has 25 heavy (non-hydrogen) atoms. The third kappa shape index (κ3) is 4.38. The number of methoxy groups -OCH3 is 1. The van der Waals surface area contributed by atoms with Crippen LogP contribution in [-0.2, 0) is 19.1 Å². The van der Waals surface area contributed by atoms with E-state index in [2.05, 4.69) is 5.32 Å². The van der Waals surface area contributed by atoms with Crippen molar-refractivity contribution in [3.8, 4) is 0 Å². The van der Waals surface area contributed by atoms with Crippen LogP contribution in [-0.4, -0.2) is 30.1 Å². The molecule has 136 valence electrons. The molecular weight excluding hydrogens is 322 g/mol. The van der Waals surface area contributed by atoms with Gasteiger partial charge in [0.15, 0.2) is 6.04 Å². The highest BCUT2D eigenvalue weighted by molar-refractivity contribution is 5.89. The highest BCUT2D eigenvalue weighted by Crippen LogP contribution is 2.31. The molecule has 1 aliphatic carbocycles. The molecule has 1 amide bonds. The molecule has 0 heterocycles. The third-order valence-electron chi connectivity index (χ3n) is 4.88. The topological polar surface area (TPSA) is 92.7 Å². The molecule has 0 saturated heterocycles. The molecular formula is C19H25NO5. The second kappa shape index (κ2) is 8.14. The molecule has 0 aliphatic heterocycles. The zero-order chi connectivity index (χ0) is 18.6. The summed E-state index contributed by atoms with van der Waals surface area (Å²) in [6, 6.07) is 4.65. The van der Waals surface area contributed by atoms with Crippen LogP contribution in [0.1, 0.15) is 48.4 Å². The Morgan fingerprint density at radius 1 is 1.16 bits per heavy atom. The van der Waals surface area contributed by atoms with Crippen LogP contribution in [0.25, 0.3) is 0 Å². The van der Waals surface area contributed by atoms with Crippen molar-refractivity contribution in [3.05, 3.63) is 34.9 Å². The molecule has 0 spiro atoms. The van der Waals surface area contributed by atoms with Gasteiger partial charge < -0.3 is 15.2 Å². The fourth-order valence-electron chi connectivity index (χ4n) is 3.52. The maximum absolute atomic E-state index is 12.7. The average molecular weight is 347 g/mol. The first-order chi connectivity index (χ1) is 11.8. The van der Waals surface area contributed by atoms with Gasteiger partial charge in [-0.3, -0.25) is 9.59 Å².